The molecule has 0 spiro atoms. The van der Waals surface area contributed by atoms with Gasteiger partial charge in [-0.25, -0.2) is 0 Å². The average Bonchev–Trinajstić information content (AvgIpc) is 3.18. The molecule has 1 aliphatic rings. The molecule has 1 aliphatic carbocycles. The number of carbonyl (C=O) groups is 1. The fourth-order valence-corrected chi connectivity index (χ4v) is 4.37. The fraction of sp³-hybridized carbons (Fsp3) is 0.769. The summed E-state index contributed by atoms with van der Waals surface area (Å²) in [6.45, 7) is 6.98. The summed E-state index contributed by atoms with van der Waals surface area (Å²) < 4.78 is 6.22. The summed E-state index contributed by atoms with van der Waals surface area (Å²) in [5, 5.41) is 12.5. The van der Waals surface area contributed by atoms with Crippen molar-refractivity contribution in [2.24, 2.45) is 5.92 Å². The first-order valence-corrected chi connectivity index (χ1v) is 8.77. The van der Waals surface area contributed by atoms with Gasteiger partial charge in [-0.1, -0.05) is 30.0 Å². The van der Waals surface area contributed by atoms with Crippen molar-refractivity contribution in [3.63, 3.8) is 0 Å². The molecule has 20 heavy (non-hydrogen) atoms. The van der Waals surface area contributed by atoms with Gasteiger partial charge in [-0.2, -0.15) is 0 Å². The molecule has 0 saturated heterocycles. The summed E-state index contributed by atoms with van der Waals surface area (Å²) in [7, 11) is 0. The predicted octanol–water partition coefficient (Wildman–Crippen LogP) is 2.26. The molecule has 1 heterocycles. The van der Waals surface area contributed by atoms with Crippen LogP contribution >= 0.6 is 23.1 Å². The van der Waals surface area contributed by atoms with E-state index in [1.54, 1.807) is 23.1 Å². The first-order valence-electron chi connectivity index (χ1n) is 6.97. The first-order chi connectivity index (χ1) is 9.62. The van der Waals surface area contributed by atoms with E-state index in [-0.39, 0.29) is 5.97 Å². The van der Waals surface area contributed by atoms with Crippen LogP contribution in [0, 0.1) is 12.8 Å². The molecule has 0 aromatic carbocycles. The van der Waals surface area contributed by atoms with Gasteiger partial charge in [-0.05, 0) is 39.2 Å². The summed E-state index contributed by atoms with van der Waals surface area (Å²) in [6, 6.07) is 0. The Morgan fingerprint density at radius 3 is 2.75 bits per heavy atom. The van der Waals surface area contributed by atoms with E-state index >= 15 is 0 Å². The van der Waals surface area contributed by atoms with E-state index in [2.05, 4.69) is 15.5 Å². The second-order valence-electron chi connectivity index (χ2n) is 4.87. The number of hydrogen-bond donors (Lipinski definition) is 1. The maximum Gasteiger partial charge on any atom is 0.327 e. The van der Waals surface area contributed by atoms with Gasteiger partial charge in [0.2, 0.25) is 0 Å². The van der Waals surface area contributed by atoms with E-state index in [1.807, 2.05) is 20.8 Å². The Bertz CT molecular complexity index is 462. The minimum atomic E-state index is -0.574. The van der Waals surface area contributed by atoms with E-state index in [0.717, 1.165) is 28.7 Å². The molecule has 1 saturated carbocycles. The zero-order valence-electron chi connectivity index (χ0n) is 12.1. The molecule has 1 aromatic heterocycles. The molecule has 1 atom stereocenters. The molecule has 1 aromatic rings. The number of likely N-dealkylation sites (N-methyl/N-ethyl adjacent to an activating group) is 1. The largest absolute Gasteiger partial charge is 0.465 e. The minimum Gasteiger partial charge on any atom is -0.465 e. The molecular formula is C13H21N3O2S2. The number of ether oxygens (including phenoxy) is 1. The van der Waals surface area contributed by atoms with Crippen LogP contribution in [-0.2, 0) is 9.53 Å². The Balaban J connectivity index is 2.10. The van der Waals surface area contributed by atoms with E-state index in [1.165, 1.54) is 0 Å². The minimum absolute atomic E-state index is 0.127. The number of aryl methyl sites for hydroxylation is 1. The molecule has 1 fully saturated rings. The SMILES string of the molecule is CCNC(CSc1nnc(C)s1)(C(=O)OCC)C1CC1. The van der Waals surface area contributed by atoms with Gasteiger partial charge in [-0.3, -0.25) is 4.79 Å². The summed E-state index contributed by atoms with van der Waals surface area (Å²) in [4.78, 5) is 12.4. The normalized spacial score (nSPS) is 17.8. The molecule has 1 N–H and O–H groups in total. The third-order valence-electron chi connectivity index (χ3n) is 3.34. The number of hydrogen-bond acceptors (Lipinski definition) is 7. The highest BCUT2D eigenvalue weighted by atomic mass is 32.2. The Morgan fingerprint density at radius 1 is 1.50 bits per heavy atom. The molecule has 7 heteroatoms. The molecule has 0 bridgehead atoms. The number of nitrogens with one attached hydrogen (secondary N) is 1. The lowest BCUT2D eigenvalue weighted by molar-refractivity contribution is -0.151. The number of rotatable bonds is 8. The number of carbonyl (C=O) groups excluding carboxylic acids is 1. The lowest BCUT2D eigenvalue weighted by Crippen LogP contribution is -2.57. The maximum absolute atomic E-state index is 12.4. The van der Waals surface area contributed by atoms with Crippen molar-refractivity contribution in [1.29, 1.82) is 0 Å². The summed E-state index contributed by atoms with van der Waals surface area (Å²) in [5.41, 5.74) is -0.574. The monoisotopic (exact) mass is 315 g/mol. The topological polar surface area (TPSA) is 64.1 Å². The van der Waals surface area contributed by atoms with Crippen LogP contribution < -0.4 is 5.32 Å². The standard InChI is InChI=1S/C13H21N3O2S2/c1-4-14-13(10-6-7-10,11(17)18-5-2)8-19-12-16-15-9(3)20-12/h10,14H,4-8H2,1-3H3. The molecule has 1 unspecified atom stereocenters. The Kier molecular flexibility index (Phi) is 5.40. The van der Waals surface area contributed by atoms with Crippen LogP contribution in [0.5, 0.6) is 0 Å². The lowest BCUT2D eigenvalue weighted by atomic mass is 9.95. The highest BCUT2D eigenvalue weighted by Crippen LogP contribution is 2.43. The smallest absolute Gasteiger partial charge is 0.327 e. The molecular weight excluding hydrogens is 294 g/mol. The van der Waals surface area contributed by atoms with Gasteiger partial charge in [0, 0.05) is 5.75 Å². The molecule has 0 radical (unpaired) electrons. The van der Waals surface area contributed by atoms with Gasteiger partial charge in [0.05, 0.1) is 6.61 Å². The van der Waals surface area contributed by atoms with Crippen molar-refractivity contribution < 1.29 is 9.53 Å². The molecule has 112 valence electrons. The predicted molar refractivity (Wildman–Crippen MR) is 81.1 cm³/mol. The Hall–Kier alpha value is -0.660. The van der Waals surface area contributed by atoms with E-state index in [9.17, 15) is 4.79 Å². The number of thioether (sulfide) groups is 1. The van der Waals surface area contributed by atoms with Crippen molar-refractivity contribution >= 4 is 29.1 Å². The summed E-state index contributed by atoms with van der Waals surface area (Å²) >= 11 is 3.16. The number of esters is 1. The highest BCUT2D eigenvalue weighted by molar-refractivity contribution is 8.01. The van der Waals surface area contributed by atoms with Crippen LogP contribution in [0.15, 0.2) is 4.34 Å². The second kappa shape index (κ2) is 6.87. The van der Waals surface area contributed by atoms with Gasteiger partial charge < -0.3 is 10.1 Å². The summed E-state index contributed by atoms with van der Waals surface area (Å²) in [6.07, 6.45) is 2.17. The van der Waals surface area contributed by atoms with Crippen LogP contribution in [0.25, 0.3) is 0 Å². The number of aromatic nitrogens is 2. The highest BCUT2D eigenvalue weighted by Gasteiger charge is 2.51. The van der Waals surface area contributed by atoms with Gasteiger partial charge in [0.1, 0.15) is 10.5 Å². The lowest BCUT2D eigenvalue weighted by Gasteiger charge is -2.31. The molecule has 0 aliphatic heterocycles. The second-order valence-corrected chi connectivity index (χ2v) is 7.28. The van der Waals surface area contributed by atoms with Crippen molar-refractivity contribution in [2.45, 2.75) is 43.5 Å². The van der Waals surface area contributed by atoms with Gasteiger partial charge >= 0.3 is 5.97 Å². The third kappa shape index (κ3) is 3.51. The van der Waals surface area contributed by atoms with Crippen molar-refractivity contribution in [2.75, 3.05) is 18.9 Å². The zero-order chi connectivity index (χ0) is 14.6. The van der Waals surface area contributed by atoms with Crippen LogP contribution in [0.1, 0.15) is 31.7 Å². The Labute approximate surface area is 127 Å². The van der Waals surface area contributed by atoms with Crippen molar-refractivity contribution in [1.82, 2.24) is 15.5 Å². The van der Waals surface area contributed by atoms with Gasteiger partial charge in [0.15, 0.2) is 4.34 Å². The maximum atomic E-state index is 12.4. The molecule has 5 nitrogen and oxygen atoms in total. The van der Waals surface area contributed by atoms with Gasteiger partial charge in [0.25, 0.3) is 0 Å². The van der Waals surface area contributed by atoms with E-state index in [0.29, 0.717) is 18.3 Å². The van der Waals surface area contributed by atoms with Crippen LogP contribution in [0.3, 0.4) is 0 Å². The van der Waals surface area contributed by atoms with Crippen LogP contribution in [0.4, 0.5) is 0 Å². The fourth-order valence-electron chi connectivity index (χ4n) is 2.27. The van der Waals surface area contributed by atoms with E-state index < -0.39 is 5.54 Å². The van der Waals surface area contributed by atoms with Crippen molar-refractivity contribution in [3.05, 3.63) is 5.01 Å². The summed E-state index contributed by atoms with van der Waals surface area (Å²) in [5.74, 6) is 0.903. The number of nitrogens with zero attached hydrogens (tertiary/aromatic N) is 2. The van der Waals surface area contributed by atoms with Crippen LogP contribution in [-0.4, -0.2) is 40.6 Å². The van der Waals surface area contributed by atoms with Gasteiger partial charge in [-0.15, -0.1) is 10.2 Å². The Morgan fingerprint density at radius 2 is 2.25 bits per heavy atom. The third-order valence-corrected chi connectivity index (χ3v) is 5.50. The average molecular weight is 315 g/mol. The quantitative estimate of drug-likeness (QED) is 0.586. The van der Waals surface area contributed by atoms with Crippen molar-refractivity contribution in [3.8, 4) is 0 Å². The first kappa shape index (κ1) is 15.7. The van der Waals surface area contributed by atoms with Crippen LogP contribution in [0.2, 0.25) is 0 Å². The zero-order valence-corrected chi connectivity index (χ0v) is 13.8. The van der Waals surface area contributed by atoms with E-state index in [4.69, 9.17) is 4.74 Å². The molecule has 0 amide bonds. The molecule has 2 rings (SSSR count).